The number of likely N-dealkylation sites (N-methyl/N-ethyl adjacent to an activating group) is 1. The minimum atomic E-state index is 0.624. The molecule has 0 spiro atoms. The van der Waals surface area contributed by atoms with Gasteiger partial charge in [0.1, 0.15) is 0 Å². The van der Waals surface area contributed by atoms with Gasteiger partial charge in [0.25, 0.3) is 0 Å². The van der Waals surface area contributed by atoms with E-state index in [1.807, 2.05) is 0 Å². The van der Waals surface area contributed by atoms with Crippen molar-refractivity contribution in [2.24, 2.45) is 12.8 Å². The molecule has 4 heteroatoms. The van der Waals surface area contributed by atoms with Gasteiger partial charge in [-0.25, -0.2) is 0 Å². The van der Waals surface area contributed by atoms with Crippen molar-refractivity contribution in [2.45, 2.75) is 13.1 Å². The van der Waals surface area contributed by atoms with Crippen LogP contribution in [0.5, 0.6) is 0 Å². The van der Waals surface area contributed by atoms with Crippen molar-refractivity contribution in [1.29, 1.82) is 0 Å². The highest BCUT2D eigenvalue weighted by Crippen LogP contribution is 2.11. The Morgan fingerprint density at radius 1 is 1.06 bits per heavy atom. The van der Waals surface area contributed by atoms with Gasteiger partial charge >= 0.3 is 0 Å². The van der Waals surface area contributed by atoms with Crippen LogP contribution in [-0.4, -0.2) is 47.6 Å². The molecule has 0 saturated carbocycles. The number of hydrogen-bond donors (Lipinski definition) is 1. The third-order valence-corrected chi connectivity index (χ3v) is 3.52. The summed E-state index contributed by atoms with van der Waals surface area (Å²) in [5.74, 6) is 0. The molecule has 2 N–H and O–H groups in total. The summed E-state index contributed by atoms with van der Waals surface area (Å²) in [6, 6.07) is 4.33. The van der Waals surface area contributed by atoms with E-state index >= 15 is 0 Å². The Bertz CT molecular complexity index is 337. The van der Waals surface area contributed by atoms with Crippen LogP contribution in [0.3, 0.4) is 0 Å². The highest BCUT2D eigenvalue weighted by atomic mass is 15.2. The highest BCUT2D eigenvalue weighted by molar-refractivity contribution is 5.15. The van der Waals surface area contributed by atoms with Crippen molar-refractivity contribution in [2.75, 3.05) is 33.2 Å². The molecule has 0 bridgehead atoms. The average Bonchev–Trinajstić information content (AvgIpc) is 2.63. The molecule has 2 heterocycles. The molecule has 1 aromatic rings. The lowest BCUT2D eigenvalue weighted by atomic mass is 10.3. The normalized spacial score (nSPS) is 19.2. The zero-order chi connectivity index (χ0) is 11.5. The second kappa shape index (κ2) is 4.99. The number of piperazine rings is 1. The Morgan fingerprint density at radius 2 is 1.69 bits per heavy atom. The minimum Gasteiger partial charge on any atom is -0.349 e. The molecule has 90 valence electrons. The van der Waals surface area contributed by atoms with Gasteiger partial charge in [-0.05, 0) is 19.2 Å². The maximum Gasteiger partial charge on any atom is 0.0388 e. The molecule has 2 rings (SSSR count). The number of nitrogens with two attached hydrogens (primary N) is 1. The number of rotatable bonds is 3. The van der Waals surface area contributed by atoms with Crippen molar-refractivity contribution < 1.29 is 0 Å². The zero-order valence-electron chi connectivity index (χ0n) is 10.3. The Labute approximate surface area is 97.6 Å². The molecule has 1 aliphatic heterocycles. The third-order valence-electron chi connectivity index (χ3n) is 3.52. The fourth-order valence-electron chi connectivity index (χ4n) is 2.20. The lowest BCUT2D eigenvalue weighted by Gasteiger charge is -2.32. The van der Waals surface area contributed by atoms with Crippen LogP contribution in [0.25, 0.3) is 0 Å². The smallest absolute Gasteiger partial charge is 0.0388 e. The lowest BCUT2D eigenvalue weighted by molar-refractivity contribution is 0.146. The Kier molecular flexibility index (Phi) is 3.63. The largest absolute Gasteiger partial charge is 0.349 e. The van der Waals surface area contributed by atoms with E-state index in [4.69, 9.17) is 5.73 Å². The Morgan fingerprint density at radius 3 is 2.25 bits per heavy atom. The Hall–Kier alpha value is -0.840. The van der Waals surface area contributed by atoms with E-state index in [2.05, 4.69) is 40.6 Å². The molecule has 0 unspecified atom stereocenters. The predicted molar refractivity (Wildman–Crippen MR) is 66.1 cm³/mol. The molecule has 0 amide bonds. The van der Waals surface area contributed by atoms with Gasteiger partial charge in [-0.15, -0.1) is 0 Å². The molecule has 1 aliphatic rings. The van der Waals surface area contributed by atoms with Crippen LogP contribution in [0.1, 0.15) is 11.4 Å². The molecule has 1 fully saturated rings. The van der Waals surface area contributed by atoms with E-state index in [0.717, 1.165) is 6.54 Å². The van der Waals surface area contributed by atoms with Gasteiger partial charge in [0, 0.05) is 57.7 Å². The molecule has 0 aromatic carbocycles. The van der Waals surface area contributed by atoms with Crippen LogP contribution < -0.4 is 5.73 Å². The quantitative estimate of drug-likeness (QED) is 0.795. The van der Waals surface area contributed by atoms with Crippen LogP contribution in [0, 0.1) is 0 Å². The van der Waals surface area contributed by atoms with Gasteiger partial charge in [-0.3, -0.25) is 4.90 Å². The first kappa shape index (κ1) is 11.6. The van der Waals surface area contributed by atoms with Gasteiger partial charge in [-0.1, -0.05) is 0 Å². The summed E-state index contributed by atoms with van der Waals surface area (Å²) in [7, 11) is 4.29. The minimum absolute atomic E-state index is 0.624. The van der Waals surface area contributed by atoms with Crippen molar-refractivity contribution in [3.05, 3.63) is 23.5 Å². The van der Waals surface area contributed by atoms with Crippen LogP contribution >= 0.6 is 0 Å². The first-order valence-corrected chi connectivity index (χ1v) is 5.95. The number of nitrogens with zero attached hydrogens (tertiary/aromatic N) is 3. The van der Waals surface area contributed by atoms with E-state index in [1.54, 1.807) is 0 Å². The fourth-order valence-corrected chi connectivity index (χ4v) is 2.20. The molecule has 1 saturated heterocycles. The monoisotopic (exact) mass is 222 g/mol. The summed E-state index contributed by atoms with van der Waals surface area (Å²) in [4.78, 5) is 4.89. The van der Waals surface area contributed by atoms with Crippen molar-refractivity contribution in [3.8, 4) is 0 Å². The summed E-state index contributed by atoms with van der Waals surface area (Å²) >= 11 is 0. The van der Waals surface area contributed by atoms with Crippen LogP contribution in [-0.2, 0) is 20.1 Å². The highest BCUT2D eigenvalue weighted by Gasteiger charge is 2.15. The maximum absolute atomic E-state index is 5.67. The predicted octanol–water partition coefficient (Wildman–Crippen LogP) is 0.231. The van der Waals surface area contributed by atoms with Crippen molar-refractivity contribution in [1.82, 2.24) is 14.4 Å². The summed E-state index contributed by atoms with van der Waals surface area (Å²) in [5.41, 5.74) is 8.25. The Balaban J connectivity index is 1.96. The molecule has 0 aliphatic carbocycles. The second-order valence-electron chi connectivity index (χ2n) is 4.66. The third kappa shape index (κ3) is 2.45. The zero-order valence-corrected chi connectivity index (χ0v) is 10.3. The van der Waals surface area contributed by atoms with Crippen molar-refractivity contribution >= 4 is 0 Å². The average molecular weight is 222 g/mol. The van der Waals surface area contributed by atoms with E-state index in [9.17, 15) is 0 Å². The molecule has 4 nitrogen and oxygen atoms in total. The first-order valence-electron chi connectivity index (χ1n) is 5.95. The summed E-state index contributed by atoms with van der Waals surface area (Å²) in [6.07, 6.45) is 0. The summed E-state index contributed by atoms with van der Waals surface area (Å²) in [5, 5.41) is 0. The molecule has 1 aromatic heterocycles. The number of hydrogen-bond acceptors (Lipinski definition) is 3. The number of aromatic nitrogens is 1. The van der Waals surface area contributed by atoms with Crippen molar-refractivity contribution in [3.63, 3.8) is 0 Å². The van der Waals surface area contributed by atoms with Crippen LogP contribution in [0.4, 0.5) is 0 Å². The molecular weight excluding hydrogens is 200 g/mol. The molecule has 16 heavy (non-hydrogen) atoms. The first-order chi connectivity index (χ1) is 7.70. The maximum atomic E-state index is 5.67. The van der Waals surface area contributed by atoms with Gasteiger partial charge in [0.05, 0.1) is 0 Å². The lowest BCUT2D eigenvalue weighted by Crippen LogP contribution is -2.44. The standard InChI is InChI=1S/C12H22N4/c1-14-5-7-16(8-6-14)10-12-4-3-11(9-13)15(12)2/h3-4H,5-10,13H2,1-2H3. The van der Waals surface area contributed by atoms with Gasteiger partial charge in [0.2, 0.25) is 0 Å². The second-order valence-corrected chi connectivity index (χ2v) is 4.66. The molecule has 0 atom stereocenters. The molecule has 0 radical (unpaired) electrons. The SMILES string of the molecule is CN1CCN(Cc2ccc(CN)n2C)CC1. The molecular formula is C12H22N4. The van der Waals surface area contributed by atoms with E-state index < -0.39 is 0 Å². The van der Waals surface area contributed by atoms with E-state index in [-0.39, 0.29) is 0 Å². The van der Waals surface area contributed by atoms with Gasteiger partial charge < -0.3 is 15.2 Å². The van der Waals surface area contributed by atoms with E-state index in [1.165, 1.54) is 37.6 Å². The van der Waals surface area contributed by atoms with Crippen LogP contribution in [0.15, 0.2) is 12.1 Å². The fraction of sp³-hybridized carbons (Fsp3) is 0.667. The van der Waals surface area contributed by atoms with Crippen LogP contribution in [0.2, 0.25) is 0 Å². The summed E-state index contributed by atoms with van der Waals surface area (Å²) < 4.78 is 2.22. The topological polar surface area (TPSA) is 37.4 Å². The summed E-state index contributed by atoms with van der Waals surface area (Å²) in [6.45, 7) is 6.35. The van der Waals surface area contributed by atoms with E-state index in [0.29, 0.717) is 6.54 Å². The van der Waals surface area contributed by atoms with Gasteiger partial charge in [-0.2, -0.15) is 0 Å². The van der Waals surface area contributed by atoms with Gasteiger partial charge in [0.15, 0.2) is 0 Å².